The predicted molar refractivity (Wildman–Crippen MR) is 118 cm³/mol. The minimum atomic E-state index is 0.147. The van der Waals surface area contributed by atoms with Crippen LogP contribution < -0.4 is 10.2 Å². The van der Waals surface area contributed by atoms with Crippen molar-refractivity contribution in [1.29, 1.82) is 0 Å². The molecule has 0 aromatic heterocycles. The number of hydrogen-bond acceptors (Lipinski definition) is 4. The van der Waals surface area contributed by atoms with Gasteiger partial charge in [-0.05, 0) is 55.1 Å². The maximum absolute atomic E-state index is 13.0. The molecule has 0 aliphatic carbocycles. The smallest absolute Gasteiger partial charge is 0.187 e. The number of hydrogen-bond donors (Lipinski definition) is 1. The molecule has 0 atom stereocenters. The second-order valence-corrected chi connectivity index (χ2v) is 7.60. The van der Waals surface area contributed by atoms with E-state index in [4.69, 9.17) is 0 Å². The maximum atomic E-state index is 13.0. The van der Waals surface area contributed by atoms with Gasteiger partial charge in [0.1, 0.15) is 0 Å². The van der Waals surface area contributed by atoms with E-state index in [1.165, 1.54) is 5.56 Å². The van der Waals surface area contributed by atoms with Gasteiger partial charge in [-0.2, -0.15) is 0 Å². The van der Waals surface area contributed by atoms with E-state index in [0.717, 1.165) is 34.5 Å². The number of Topliss-reactive ketones (excluding diaryl/α,β-unsaturated/α-hetero) is 1. The van der Waals surface area contributed by atoms with Crippen molar-refractivity contribution < 1.29 is 4.79 Å². The van der Waals surface area contributed by atoms with E-state index in [0.29, 0.717) is 13.1 Å². The zero-order valence-electron chi connectivity index (χ0n) is 17.2. The Morgan fingerprint density at radius 3 is 1.89 bits per heavy atom. The molecule has 4 heteroatoms. The lowest BCUT2D eigenvalue weighted by Crippen LogP contribution is -2.34. The van der Waals surface area contributed by atoms with Gasteiger partial charge < -0.3 is 10.2 Å². The number of carbonyl (C=O) groups is 1. The van der Waals surface area contributed by atoms with Gasteiger partial charge in [0.15, 0.2) is 5.78 Å². The van der Waals surface area contributed by atoms with Crippen molar-refractivity contribution in [2.75, 3.05) is 46.2 Å². The summed E-state index contributed by atoms with van der Waals surface area (Å²) in [7, 11) is 8.04. The molecule has 146 valence electrons. The Hall–Kier alpha value is -2.69. The Bertz CT molecular complexity index is 877. The Morgan fingerprint density at radius 2 is 1.43 bits per heavy atom. The lowest BCUT2D eigenvalue weighted by atomic mass is 9.94. The molecule has 2 aromatic rings. The largest absolute Gasteiger partial charge is 0.378 e. The molecule has 1 aliphatic rings. The normalized spacial score (nSPS) is 18.1. The highest BCUT2D eigenvalue weighted by Gasteiger charge is 2.23. The lowest BCUT2D eigenvalue weighted by Gasteiger charge is -2.26. The highest BCUT2D eigenvalue weighted by atomic mass is 16.1. The molecule has 1 fully saturated rings. The van der Waals surface area contributed by atoms with Gasteiger partial charge in [0.25, 0.3) is 0 Å². The summed E-state index contributed by atoms with van der Waals surface area (Å²) in [5, 5.41) is 3.15. The summed E-state index contributed by atoms with van der Waals surface area (Å²) in [5.74, 6) is 0.147. The molecule has 1 saturated heterocycles. The number of benzene rings is 2. The molecule has 0 radical (unpaired) electrons. The van der Waals surface area contributed by atoms with Crippen molar-refractivity contribution in [1.82, 2.24) is 10.2 Å². The molecule has 1 heterocycles. The topological polar surface area (TPSA) is 35.6 Å². The van der Waals surface area contributed by atoms with Crippen LogP contribution in [0.5, 0.6) is 0 Å². The van der Waals surface area contributed by atoms with Crippen LogP contribution in [-0.2, 0) is 11.3 Å². The minimum Gasteiger partial charge on any atom is -0.378 e. The van der Waals surface area contributed by atoms with Gasteiger partial charge >= 0.3 is 0 Å². The number of rotatable bonds is 5. The fourth-order valence-electron chi connectivity index (χ4n) is 3.42. The van der Waals surface area contributed by atoms with Crippen LogP contribution in [0.3, 0.4) is 0 Å². The van der Waals surface area contributed by atoms with Crippen LogP contribution >= 0.6 is 0 Å². The van der Waals surface area contributed by atoms with Gasteiger partial charge in [-0.1, -0.05) is 36.4 Å². The summed E-state index contributed by atoms with van der Waals surface area (Å²) in [5.41, 5.74) is 6.18. The number of piperidine rings is 1. The summed E-state index contributed by atoms with van der Waals surface area (Å²) in [6.07, 6.45) is 4.03. The van der Waals surface area contributed by atoms with Gasteiger partial charge in [0, 0.05) is 50.6 Å². The molecule has 0 unspecified atom stereocenters. The molecule has 3 rings (SSSR count). The maximum Gasteiger partial charge on any atom is 0.187 e. The van der Waals surface area contributed by atoms with Crippen molar-refractivity contribution in [3.05, 3.63) is 76.4 Å². The minimum absolute atomic E-state index is 0.147. The van der Waals surface area contributed by atoms with Gasteiger partial charge in [-0.25, -0.2) is 0 Å². The van der Waals surface area contributed by atoms with Crippen molar-refractivity contribution in [2.45, 2.75) is 6.54 Å². The van der Waals surface area contributed by atoms with Crippen molar-refractivity contribution >= 4 is 23.6 Å². The molecular formula is C24H29N3O. The van der Waals surface area contributed by atoms with Crippen molar-refractivity contribution in [3.8, 4) is 0 Å². The fourth-order valence-corrected chi connectivity index (χ4v) is 3.42. The van der Waals surface area contributed by atoms with Crippen molar-refractivity contribution in [3.63, 3.8) is 0 Å². The second-order valence-electron chi connectivity index (χ2n) is 7.60. The first-order valence-electron chi connectivity index (χ1n) is 9.61. The van der Waals surface area contributed by atoms with Crippen molar-refractivity contribution in [2.24, 2.45) is 0 Å². The Morgan fingerprint density at radius 1 is 0.929 bits per heavy atom. The zero-order chi connectivity index (χ0) is 20.1. The van der Waals surface area contributed by atoms with Crippen LogP contribution in [0.25, 0.3) is 12.2 Å². The Labute approximate surface area is 168 Å². The van der Waals surface area contributed by atoms with Gasteiger partial charge in [-0.3, -0.25) is 9.69 Å². The summed E-state index contributed by atoms with van der Waals surface area (Å²) in [4.78, 5) is 17.3. The van der Waals surface area contributed by atoms with E-state index < -0.39 is 0 Å². The number of nitrogens with one attached hydrogen (secondary N) is 1. The summed E-state index contributed by atoms with van der Waals surface area (Å²) >= 11 is 0. The summed E-state index contributed by atoms with van der Waals surface area (Å²) in [6.45, 7) is 2.19. The zero-order valence-corrected chi connectivity index (χ0v) is 17.2. The van der Waals surface area contributed by atoms with E-state index in [9.17, 15) is 4.79 Å². The van der Waals surface area contributed by atoms with Gasteiger partial charge in [0.05, 0.1) is 0 Å². The quantitative estimate of drug-likeness (QED) is 0.812. The molecule has 1 N–H and O–H groups in total. The third kappa shape index (κ3) is 4.97. The molecule has 0 bridgehead atoms. The van der Waals surface area contributed by atoms with E-state index >= 15 is 0 Å². The molecule has 0 spiro atoms. The third-order valence-corrected chi connectivity index (χ3v) is 4.92. The first-order chi connectivity index (χ1) is 13.5. The van der Waals surface area contributed by atoms with Crippen LogP contribution in [0.4, 0.5) is 5.69 Å². The van der Waals surface area contributed by atoms with Crippen LogP contribution in [-0.4, -0.2) is 52.0 Å². The van der Waals surface area contributed by atoms with Crippen LogP contribution in [0, 0.1) is 0 Å². The fraction of sp³-hybridized carbons (Fsp3) is 0.292. The van der Waals surface area contributed by atoms with E-state index in [1.54, 1.807) is 0 Å². The van der Waals surface area contributed by atoms with E-state index in [1.807, 2.05) is 33.3 Å². The van der Waals surface area contributed by atoms with E-state index in [2.05, 4.69) is 70.7 Å². The Kier molecular flexibility index (Phi) is 6.45. The molecular weight excluding hydrogens is 346 g/mol. The molecule has 4 nitrogen and oxygen atoms in total. The average molecular weight is 376 g/mol. The number of anilines is 1. The number of likely N-dealkylation sites (tertiary alicyclic amines) is 1. The third-order valence-electron chi connectivity index (χ3n) is 4.92. The first-order valence-corrected chi connectivity index (χ1v) is 9.61. The summed E-state index contributed by atoms with van der Waals surface area (Å²) < 4.78 is 0. The molecule has 2 aromatic carbocycles. The average Bonchev–Trinajstić information content (AvgIpc) is 2.67. The van der Waals surface area contributed by atoms with Gasteiger partial charge in [0.2, 0.25) is 0 Å². The highest BCUT2D eigenvalue weighted by molar-refractivity contribution is 6.14. The molecule has 1 aliphatic heterocycles. The number of likely N-dealkylation sites (N-methyl/N-ethyl adjacent to an activating group) is 1. The van der Waals surface area contributed by atoms with Crippen LogP contribution in [0.1, 0.15) is 16.7 Å². The van der Waals surface area contributed by atoms with Crippen LogP contribution in [0.15, 0.2) is 59.7 Å². The number of carbonyl (C=O) groups excluding carboxylic acids is 1. The number of ketones is 1. The lowest BCUT2D eigenvalue weighted by molar-refractivity contribution is -0.113. The summed E-state index contributed by atoms with van der Waals surface area (Å²) in [6, 6.07) is 16.6. The van der Waals surface area contributed by atoms with Crippen LogP contribution in [0.2, 0.25) is 0 Å². The first kappa shape index (κ1) is 20.1. The van der Waals surface area contributed by atoms with E-state index in [-0.39, 0.29) is 5.78 Å². The highest BCUT2D eigenvalue weighted by Crippen LogP contribution is 2.22. The predicted octanol–water partition coefficient (Wildman–Crippen LogP) is 3.45. The Balaban J connectivity index is 1.83. The standard InChI is InChI=1S/C24H29N3O/c1-25-15-20-7-5-18(6-8-20)13-21-16-27(4)17-22(24(21)28)14-19-9-11-23(12-10-19)26(2)3/h5-14,25H,15-17H2,1-4H3. The SMILES string of the molecule is CNCc1ccc(C=C2CN(C)CC(=Cc3ccc(N(C)C)cc3)C2=O)cc1. The molecule has 0 amide bonds. The number of nitrogens with zero attached hydrogens (tertiary/aromatic N) is 2. The molecule has 0 saturated carbocycles. The van der Waals surface area contributed by atoms with Gasteiger partial charge in [-0.15, -0.1) is 0 Å². The molecule has 28 heavy (non-hydrogen) atoms. The second kappa shape index (κ2) is 9.00. The monoisotopic (exact) mass is 375 g/mol.